The zero-order valence-corrected chi connectivity index (χ0v) is 13.0. The van der Waals surface area contributed by atoms with Gasteiger partial charge in [0.05, 0.1) is 23.3 Å². The van der Waals surface area contributed by atoms with E-state index < -0.39 is 17.3 Å². The fourth-order valence-electron chi connectivity index (χ4n) is 2.31. The third-order valence-corrected chi connectivity index (χ3v) is 4.44. The van der Waals surface area contributed by atoms with E-state index in [4.69, 9.17) is 4.74 Å². The molecule has 1 aliphatic rings. The van der Waals surface area contributed by atoms with E-state index >= 15 is 0 Å². The third-order valence-electron chi connectivity index (χ3n) is 3.75. The number of nitrogens with one attached hydrogen (secondary N) is 1. The van der Waals surface area contributed by atoms with E-state index in [1.165, 1.54) is 6.07 Å². The van der Waals surface area contributed by atoms with Crippen LogP contribution in [-0.4, -0.2) is 18.6 Å². The summed E-state index contributed by atoms with van der Waals surface area (Å²) in [6.45, 7) is 0. The average Bonchev–Trinajstić information content (AvgIpc) is 2.35. The molecule has 0 saturated heterocycles. The molecule has 0 aliphatic heterocycles. The molecular formula is C14H15BrF3NO2. The van der Waals surface area contributed by atoms with Crippen LogP contribution in [0.5, 0.6) is 0 Å². The van der Waals surface area contributed by atoms with Gasteiger partial charge in [-0.15, -0.1) is 0 Å². The predicted molar refractivity (Wildman–Crippen MR) is 76.0 cm³/mol. The maximum Gasteiger partial charge on any atom is 0.416 e. The molecule has 0 spiro atoms. The summed E-state index contributed by atoms with van der Waals surface area (Å²) in [6.07, 6.45) is -1.72. The van der Waals surface area contributed by atoms with Crippen molar-refractivity contribution in [2.75, 3.05) is 12.4 Å². The number of amides is 1. The van der Waals surface area contributed by atoms with Crippen LogP contribution >= 0.6 is 15.9 Å². The maximum absolute atomic E-state index is 12.7. The Hall–Kier alpha value is -1.08. The fraction of sp³-hybridized carbons (Fsp3) is 0.500. The smallest absolute Gasteiger partial charge is 0.378 e. The molecule has 1 aromatic rings. The van der Waals surface area contributed by atoms with Crippen LogP contribution in [0.1, 0.15) is 31.2 Å². The first-order valence-corrected chi connectivity index (χ1v) is 7.27. The number of ether oxygens (including phenoxy) is 1. The molecule has 116 valence electrons. The van der Waals surface area contributed by atoms with Crippen LogP contribution < -0.4 is 5.32 Å². The number of methoxy groups -OCH3 is 1. The Kier molecular flexibility index (Phi) is 4.63. The molecule has 7 heteroatoms. The summed E-state index contributed by atoms with van der Waals surface area (Å²) in [5.74, 6) is -0.350. The van der Waals surface area contributed by atoms with Crippen molar-refractivity contribution in [3.05, 3.63) is 28.2 Å². The maximum atomic E-state index is 12.7. The Balaban J connectivity index is 2.10. The zero-order chi connectivity index (χ0) is 15.7. The summed E-state index contributed by atoms with van der Waals surface area (Å²) in [7, 11) is 1.55. The van der Waals surface area contributed by atoms with Gasteiger partial charge in [0.25, 0.3) is 0 Å². The van der Waals surface area contributed by atoms with Crippen LogP contribution in [0.25, 0.3) is 0 Å². The minimum atomic E-state index is -4.44. The lowest BCUT2D eigenvalue weighted by Gasteiger charge is -2.39. The molecular weight excluding hydrogens is 351 g/mol. The molecule has 3 nitrogen and oxygen atoms in total. The predicted octanol–water partition coefficient (Wildman–Crippen LogP) is 4.37. The van der Waals surface area contributed by atoms with Crippen molar-refractivity contribution in [1.29, 1.82) is 0 Å². The van der Waals surface area contributed by atoms with Crippen molar-refractivity contribution in [3.63, 3.8) is 0 Å². The lowest BCUT2D eigenvalue weighted by Crippen LogP contribution is -2.42. The Morgan fingerprint density at radius 1 is 1.43 bits per heavy atom. The third kappa shape index (κ3) is 3.77. The van der Waals surface area contributed by atoms with E-state index in [0.717, 1.165) is 31.4 Å². The molecule has 0 heterocycles. The second kappa shape index (κ2) is 5.96. The lowest BCUT2D eigenvalue weighted by molar-refractivity contribution is -0.137. The molecule has 2 rings (SSSR count). The van der Waals surface area contributed by atoms with Gasteiger partial charge in [0.1, 0.15) is 0 Å². The van der Waals surface area contributed by atoms with Gasteiger partial charge in [-0.1, -0.05) is 0 Å². The van der Waals surface area contributed by atoms with Gasteiger partial charge in [-0.2, -0.15) is 13.2 Å². The van der Waals surface area contributed by atoms with Gasteiger partial charge in [-0.25, -0.2) is 0 Å². The Morgan fingerprint density at radius 2 is 2.10 bits per heavy atom. The molecule has 0 unspecified atom stereocenters. The average molecular weight is 366 g/mol. The molecule has 21 heavy (non-hydrogen) atoms. The van der Waals surface area contributed by atoms with Crippen LogP contribution in [0.4, 0.5) is 18.9 Å². The molecule has 1 N–H and O–H groups in total. The molecule has 1 aromatic carbocycles. The van der Waals surface area contributed by atoms with Crippen molar-refractivity contribution >= 4 is 27.5 Å². The van der Waals surface area contributed by atoms with Crippen LogP contribution in [0.2, 0.25) is 0 Å². The number of rotatable bonds is 4. The van der Waals surface area contributed by atoms with E-state index in [9.17, 15) is 18.0 Å². The van der Waals surface area contributed by atoms with Crippen molar-refractivity contribution in [3.8, 4) is 0 Å². The molecule has 1 saturated carbocycles. The van der Waals surface area contributed by atoms with Crippen LogP contribution in [-0.2, 0) is 15.7 Å². The molecule has 0 atom stereocenters. The molecule has 1 fully saturated rings. The second-order valence-corrected chi connectivity index (χ2v) is 6.01. The van der Waals surface area contributed by atoms with Gasteiger partial charge in [0.2, 0.25) is 5.91 Å². The van der Waals surface area contributed by atoms with E-state index in [0.29, 0.717) is 4.47 Å². The molecule has 0 bridgehead atoms. The molecule has 1 amide bonds. The summed E-state index contributed by atoms with van der Waals surface area (Å²) in [4.78, 5) is 12.0. The van der Waals surface area contributed by atoms with E-state index in [1.54, 1.807) is 7.11 Å². The molecule has 0 radical (unpaired) electrons. The molecule has 0 aromatic heterocycles. The highest BCUT2D eigenvalue weighted by Gasteiger charge is 2.39. The summed E-state index contributed by atoms with van der Waals surface area (Å²) >= 11 is 3.14. The monoisotopic (exact) mass is 365 g/mol. The lowest BCUT2D eigenvalue weighted by atomic mass is 9.77. The van der Waals surface area contributed by atoms with Crippen molar-refractivity contribution in [2.45, 2.75) is 37.5 Å². The number of carbonyl (C=O) groups excluding carboxylic acids is 1. The Morgan fingerprint density at radius 3 is 2.57 bits per heavy atom. The Labute approximate surface area is 129 Å². The first kappa shape index (κ1) is 16.3. The number of hydrogen-bond donors (Lipinski definition) is 1. The van der Waals surface area contributed by atoms with E-state index in [1.807, 2.05) is 0 Å². The SMILES string of the molecule is COC1(CC(=O)Nc2cc(C(F)(F)F)ccc2Br)CCC1. The standard InChI is InChI=1S/C14H15BrF3NO2/c1-21-13(5-2-6-13)8-12(20)19-11-7-9(14(16,17)18)3-4-10(11)15/h3-4,7H,2,5-6,8H2,1H3,(H,19,20). The first-order chi connectivity index (χ1) is 9.76. The highest BCUT2D eigenvalue weighted by Crippen LogP contribution is 2.39. The largest absolute Gasteiger partial charge is 0.416 e. The Bertz CT molecular complexity index is 536. The van der Waals surface area contributed by atoms with Gasteiger partial charge < -0.3 is 10.1 Å². The highest BCUT2D eigenvalue weighted by atomic mass is 79.9. The highest BCUT2D eigenvalue weighted by molar-refractivity contribution is 9.10. The fourth-order valence-corrected chi connectivity index (χ4v) is 2.65. The van der Waals surface area contributed by atoms with Gasteiger partial charge in [0, 0.05) is 11.6 Å². The van der Waals surface area contributed by atoms with Crippen molar-refractivity contribution < 1.29 is 22.7 Å². The summed E-state index contributed by atoms with van der Waals surface area (Å²) in [6, 6.07) is 3.15. The molecule has 1 aliphatic carbocycles. The normalized spacial score (nSPS) is 17.2. The summed E-state index contributed by atoms with van der Waals surface area (Å²) < 4.78 is 43.8. The van der Waals surface area contributed by atoms with Gasteiger partial charge in [0.15, 0.2) is 0 Å². The summed E-state index contributed by atoms with van der Waals surface area (Å²) in [5.41, 5.74) is -1.15. The van der Waals surface area contributed by atoms with Crippen LogP contribution in [0.15, 0.2) is 22.7 Å². The topological polar surface area (TPSA) is 38.3 Å². The van der Waals surface area contributed by atoms with Gasteiger partial charge in [-0.05, 0) is 53.4 Å². The van der Waals surface area contributed by atoms with Crippen LogP contribution in [0.3, 0.4) is 0 Å². The quantitative estimate of drug-likeness (QED) is 0.860. The zero-order valence-electron chi connectivity index (χ0n) is 11.4. The first-order valence-electron chi connectivity index (χ1n) is 6.47. The summed E-state index contributed by atoms with van der Waals surface area (Å²) in [5, 5.41) is 2.52. The number of carbonyl (C=O) groups is 1. The minimum Gasteiger partial charge on any atom is -0.378 e. The van der Waals surface area contributed by atoms with Crippen LogP contribution in [0, 0.1) is 0 Å². The van der Waals surface area contributed by atoms with E-state index in [-0.39, 0.29) is 18.0 Å². The van der Waals surface area contributed by atoms with Gasteiger partial charge in [-0.3, -0.25) is 4.79 Å². The number of benzene rings is 1. The minimum absolute atomic E-state index is 0.111. The number of hydrogen-bond acceptors (Lipinski definition) is 2. The number of halogens is 4. The van der Waals surface area contributed by atoms with Gasteiger partial charge >= 0.3 is 6.18 Å². The van der Waals surface area contributed by atoms with Crippen molar-refractivity contribution in [1.82, 2.24) is 0 Å². The number of alkyl halides is 3. The van der Waals surface area contributed by atoms with Crippen molar-refractivity contribution in [2.24, 2.45) is 0 Å². The van der Waals surface area contributed by atoms with E-state index in [2.05, 4.69) is 21.2 Å². The second-order valence-electron chi connectivity index (χ2n) is 5.16. The number of anilines is 1.